The highest BCUT2D eigenvalue weighted by Crippen LogP contribution is 2.30. The molecule has 0 radical (unpaired) electrons. The zero-order chi connectivity index (χ0) is 14.6. The minimum atomic E-state index is 0.0856. The van der Waals surface area contributed by atoms with Crippen LogP contribution in [0.15, 0.2) is 24.3 Å². The predicted octanol–water partition coefficient (Wildman–Crippen LogP) is 2.26. The summed E-state index contributed by atoms with van der Waals surface area (Å²) < 4.78 is 0. The number of likely N-dealkylation sites (tertiary alicyclic amines) is 1. The lowest BCUT2D eigenvalue weighted by Crippen LogP contribution is -2.41. The maximum Gasteiger partial charge on any atom is 0.255 e. The Hall–Kier alpha value is -1.79. The molecule has 0 aliphatic carbocycles. The first-order valence-electron chi connectivity index (χ1n) is 7.11. The molecule has 1 amide bonds. The van der Waals surface area contributed by atoms with Gasteiger partial charge in [0.1, 0.15) is 0 Å². The molecule has 1 aliphatic heterocycles. The summed E-state index contributed by atoms with van der Waals surface area (Å²) in [5.41, 5.74) is 7.21. The fraction of sp³-hybridized carbons (Fsp3) is 0.471. The van der Waals surface area contributed by atoms with Gasteiger partial charge in [-0.15, -0.1) is 0 Å². The third-order valence-electron chi connectivity index (χ3n) is 3.89. The standard InChI is InChI=1S/C17H22N2O/c1-17(2)9-12-19(13-10-17)16(20)15-8-4-3-6-14(15)7-5-11-18/h3-4,6,8H,9-13,18H2,1-2H3. The van der Waals surface area contributed by atoms with Gasteiger partial charge in [0.2, 0.25) is 0 Å². The molecule has 1 fully saturated rings. The molecule has 0 spiro atoms. The van der Waals surface area contributed by atoms with Crippen LogP contribution in [0.2, 0.25) is 0 Å². The van der Waals surface area contributed by atoms with E-state index >= 15 is 0 Å². The van der Waals surface area contributed by atoms with Crippen LogP contribution in [0.3, 0.4) is 0 Å². The predicted molar refractivity (Wildman–Crippen MR) is 81.3 cm³/mol. The number of hydrogen-bond donors (Lipinski definition) is 1. The maximum atomic E-state index is 12.6. The number of benzene rings is 1. The molecule has 1 saturated heterocycles. The molecule has 1 heterocycles. The SMILES string of the molecule is CC1(C)CCN(C(=O)c2ccccc2C#CCN)CC1. The fourth-order valence-corrected chi connectivity index (χ4v) is 2.41. The minimum absolute atomic E-state index is 0.0856. The Labute approximate surface area is 121 Å². The van der Waals surface area contributed by atoms with Crippen LogP contribution >= 0.6 is 0 Å². The van der Waals surface area contributed by atoms with Crippen LogP contribution in [0.4, 0.5) is 0 Å². The van der Waals surface area contributed by atoms with Gasteiger partial charge >= 0.3 is 0 Å². The summed E-state index contributed by atoms with van der Waals surface area (Å²) in [6, 6.07) is 7.51. The molecule has 1 aliphatic rings. The summed E-state index contributed by atoms with van der Waals surface area (Å²) in [6.45, 7) is 6.47. The molecule has 2 N–H and O–H groups in total. The van der Waals surface area contributed by atoms with E-state index in [0.717, 1.165) is 31.5 Å². The van der Waals surface area contributed by atoms with Crippen LogP contribution in [0, 0.1) is 17.3 Å². The number of nitrogens with two attached hydrogens (primary N) is 1. The zero-order valence-electron chi connectivity index (χ0n) is 12.3. The van der Waals surface area contributed by atoms with Gasteiger partial charge in [0, 0.05) is 18.7 Å². The van der Waals surface area contributed by atoms with Crippen molar-refractivity contribution in [3.05, 3.63) is 35.4 Å². The Morgan fingerprint density at radius 3 is 2.60 bits per heavy atom. The van der Waals surface area contributed by atoms with Gasteiger partial charge in [-0.3, -0.25) is 4.79 Å². The quantitative estimate of drug-likeness (QED) is 0.796. The van der Waals surface area contributed by atoms with Gasteiger partial charge in [0.15, 0.2) is 0 Å². The number of nitrogens with zero attached hydrogens (tertiary/aromatic N) is 1. The van der Waals surface area contributed by atoms with E-state index in [-0.39, 0.29) is 5.91 Å². The van der Waals surface area contributed by atoms with E-state index in [1.165, 1.54) is 0 Å². The van der Waals surface area contributed by atoms with Crippen LogP contribution in [0.1, 0.15) is 42.6 Å². The lowest BCUT2D eigenvalue weighted by Gasteiger charge is -2.37. The van der Waals surface area contributed by atoms with Crippen LogP contribution in [0.5, 0.6) is 0 Å². The molecule has 2 rings (SSSR count). The van der Waals surface area contributed by atoms with Crippen molar-refractivity contribution < 1.29 is 4.79 Å². The first kappa shape index (κ1) is 14.6. The summed E-state index contributed by atoms with van der Waals surface area (Å²) in [6.07, 6.45) is 2.10. The molecule has 0 aromatic heterocycles. The second-order valence-electron chi connectivity index (χ2n) is 6.01. The molecular formula is C17H22N2O. The highest BCUT2D eigenvalue weighted by atomic mass is 16.2. The van der Waals surface area contributed by atoms with Crippen molar-refractivity contribution in [2.45, 2.75) is 26.7 Å². The number of carbonyl (C=O) groups is 1. The maximum absolute atomic E-state index is 12.6. The van der Waals surface area contributed by atoms with Crippen molar-refractivity contribution in [1.29, 1.82) is 0 Å². The van der Waals surface area contributed by atoms with Gasteiger partial charge in [-0.2, -0.15) is 0 Å². The van der Waals surface area contributed by atoms with Gasteiger partial charge in [-0.1, -0.05) is 37.8 Å². The molecular weight excluding hydrogens is 248 g/mol. The average molecular weight is 270 g/mol. The smallest absolute Gasteiger partial charge is 0.255 e. The number of piperidine rings is 1. The molecule has 3 nitrogen and oxygen atoms in total. The highest BCUT2D eigenvalue weighted by Gasteiger charge is 2.28. The van der Waals surface area contributed by atoms with Crippen LogP contribution in [0.25, 0.3) is 0 Å². The summed E-state index contributed by atoms with van der Waals surface area (Å²) in [7, 11) is 0. The molecule has 20 heavy (non-hydrogen) atoms. The van der Waals surface area contributed by atoms with Gasteiger partial charge in [-0.05, 0) is 30.4 Å². The Kier molecular flexibility index (Phi) is 4.46. The van der Waals surface area contributed by atoms with Gasteiger partial charge < -0.3 is 10.6 Å². The molecule has 3 heteroatoms. The van der Waals surface area contributed by atoms with Gasteiger partial charge in [-0.25, -0.2) is 0 Å². The molecule has 1 aromatic rings. The monoisotopic (exact) mass is 270 g/mol. The topological polar surface area (TPSA) is 46.3 Å². The number of carbonyl (C=O) groups excluding carboxylic acids is 1. The molecule has 0 atom stereocenters. The van der Waals surface area contributed by atoms with E-state index in [2.05, 4.69) is 25.7 Å². The largest absolute Gasteiger partial charge is 0.339 e. The van der Waals surface area contributed by atoms with Crippen LogP contribution < -0.4 is 5.73 Å². The van der Waals surface area contributed by atoms with Gasteiger partial charge in [0.25, 0.3) is 5.91 Å². The van der Waals surface area contributed by atoms with E-state index in [4.69, 9.17) is 5.73 Å². The molecule has 0 bridgehead atoms. The lowest BCUT2D eigenvalue weighted by molar-refractivity contribution is 0.0630. The fourth-order valence-electron chi connectivity index (χ4n) is 2.41. The Morgan fingerprint density at radius 2 is 1.95 bits per heavy atom. The van der Waals surface area contributed by atoms with Gasteiger partial charge in [0.05, 0.1) is 12.1 Å². The first-order valence-corrected chi connectivity index (χ1v) is 7.11. The summed E-state index contributed by atoms with van der Waals surface area (Å²) >= 11 is 0. The van der Waals surface area contributed by atoms with Crippen molar-refractivity contribution in [1.82, 2.24) is 4.90 Å². The van der Waals surface area contributed by atoms with Crippen molar-refractivity contribution in [2.75, 3.05) is 19.6 Å². The third-order valence-corrected chi connectivity index (χ3v) is 3.89. The van der Waals surface area contributed by atoms with Crippen LogP contribution in [-0.2, 0) is 0 Å². The van der Waals surface area contributed by atoms with Crippen molar-refractivity contribution in [3.8, 4) is 11.8 Å². The Bertz CT molecular complexity index is 542. The molecule has 106 valence electrons. The van der Waals surface area contributed by atoms with E-state index in [0.29, 0.717) is 17.5 Å². The number of rotatable bonds is 1. The normalized spacial score (nSPS) is 17.2. The second-order valence-corrected chi connectivity index (χ2v) is 6.01. The molecule has 0 unspecified atom stereocenters. The minimum Gasteiger partial charge on any atom is -0.339 e. The Morgan fingerprint density at radius 1 is 1.30 bits per heavy atom. The van der Waals surface area contributed by atoms with Crippen LogP contribution in [-0.4, -0.2) is 30.4 Å². The van der Waals surface area contributed by atoms with Crippen molar-refractivity contribution in [3.63, 3.8) is 0 Å². The van der Waals surface area contributed by atoms with Crippen molar-refractivity contribution >= 4 is 5.91 Å². The highest BCUT2D eigenvalue weighted by molar-refractivity contribution is 5.96. The van der Waals surface area contributed by atoms with E-state index in [9.17, 15) is 4.79 Å². The van der Waals surface area contributed by atoms with E-state index in [1.54, 1.807) is 0 Å². The molecule has 1 aromatic carbocycles. The summed E-state index contributed by atoms with van der Waals surface area (Å²) in [5, 5.41) is 0. The summed E-state index contributed by atoms with van der Waals surface area (Å²) in [4.78, 5) is 14.6. The number of hydrogen-bond acceptors (Lipinski definition) is 2. The zero-order valence-corrected chi connectivity index (χ0v) is 12.3. The second kappa shape index (κ2) is 6.11. The number of amides is 1. The van der Waals surface area contributed by atoms with Crippen molar-refractivity contribution in [2.24, 2.45) is 11.1 Å². The third kappa shape index (κ3) is 3.40. The van der Waals surface area contributed by atoms with E-state index < -0.39 is 0 Å². The summed E-state index contributed by atoms with van der Waals surface area (Å²) in [5.74, 6) is 5.90. The lowest BCUT2D eigenvalue weighted by atomic mass is 9.82. The molecule has 0 saturated carbocycles. The Balaban J connectivity index is 2.18. The first-order chi connectivity index (χ1) is 9.53. The average Bonchev–Trinajstić information content (AvgIpc) is 2.45. The van der Waals surface area contributed by atoms with E-state index in [1.807, 2.05) is 29.2 Å².